The Balaban J connectivity index is 3.05. The van der Waals surface area contributed by atoms with Crippen molar-refractivity contribution < 1.29 is 10.0 Å². The molecule has 0 bridgehead atoms. The maximum atomic E-state index is 12.1. The minimum atomic E-state index is -0.431. The fourth-order valence-corrected chi connectivity index (χ4v) is 1.43. The number of benzene rings is 1. The maximum Gasteiger partial charge on any atom is 0.230 e. The molecule has 0 atom stereocenters. The fraction of sp³-hybridized carbons (Fsp3) is 0.429. The van der Waals surface area contributed by atoms with E-state index in [4.69, 9.17) is 10.9 Å². The quantitative estimate of drug-likeness (QED) is 0.337. The van der Waals surface area contributed by atoms with Crippen molar-refractivity contribution in [3.05, 3.63) is 29.3 Å². The predicted molar refractivity (Wildman–Crippen MR) is 76.4 cm³/mol. The monoisotopic (exact) mass is 263 g/mol. The average Bonchev–Trinajstić information content (AvgIpc) is 2.40. The standard InChI is InChI=1S/C14H21N3O2/c1-5-14(3,4)13(18)16-11-8-10(12(15)17-19)7-6-9(11)2/h6-8,19H,5H2,1-4H3,(H2,15,17)(H,16,18). The Morgan fingerprint density at radius 1 is 1.47 bits per heavy atom. The van der Waals surface area contributed by atoms with Gasteiger partial charge < -0.3 is 16.3 Å². The van der Waals surface area contributed by atoms with Gasteiger partial charge in [0.05, 0.1) is 0 Å². The fourth-order valence-electron chi connectivity index (χ4n) is 1.43. The molecule has 0 heterocycles. The van der Waals surface area contributed by atoms with Crippen LogP contribution >= 0.6 is 0 Å². The Morgan fingerprint density at radius 2 is 2.11 bits per heavy atom. The topological polar surface area (TPSA) is 87.7 Å². The third kappa shape index (κ3) is 3.47. The highest BCUT2D eigenvalue weighted by Crippen LogP contribution is 2.24. The van der Waals surface area contributed by atoms with Crippen molar-refractivity contribution in [1.82, 2.24) is 0 Å². The summed E-state index contributed by atoms with van der Waals surface area (Å²) in [5.74, 6) is -0.0278. The smallest absolute Gasteiger partial charge is 0.230 e. The lowest BCUT2D eigenvalue weighted by molar-refractivity contribution is -0.124. The number of nitrogens with two attached hydrogens (primary N) is 1. The van der Waals surface area contributed by atoms with Gasteiger partial charge in [-0.15, -0.1) is 0 Å². The highest BCUT2D eigenvalue weighted by molar-refractivity contribution is 6.00. The summed E-state index contributed by atoms with van der Waals surface area (Å²) < 4.78 is 0. The largest absolute Gasteiger partial charge is 0.409 e. The number of rotatable bonds is 4. The number of carbonyl (C=O) groups excluding carboxylic acids is 1. The van der Waals surface area contributed by atoms with E-state index in [9.17, 15) is 4.79 Å². The van der Waals surface area contributed by atoms with Crippen LogP contribution in [-0.2, 0) is 4.79 Å². The summed E-state index contributed by atoms with van der Waals surface area (Å²) in [6.45, 7) is 7.65. The summed E-state index contributed by atoms with van der Waals surface area (Å²) in [5, 5.41) is 14.5. The Kier molecular flexibility index (Phi) is 4.53. The van der Waals surface area contributed by atoms with Gasteiger partial charge in [-0.2, -0.15) is 0 Å². The Morgan fingerprint density at radius 3 is 2.63 bits per heavy atom. The average molecular weight is 263 g/mol. The molecule has 0 saturated heterocycles. The molecule has 1 aromatic rings. The molecule has 0 aromatic heterocycles. The van der Waals surface area contributed by atoms with E-state index < -0.39 is 5.41 Å². The molecule has 5 heteroatoms. The molecular formula is C14H21N3O2. The Hall–Kier alpha value is -2.04. The van der Waals surface area contributed by atoms with Crippen LogP contribution < -0.4 is 11.1 Å². The van der Waals surface area contributed by atoms with Crippen LogP contribution in [0.2, 0.25) is 0 Å². The van der Waals surface area contributed by atoms with Crippen molar-refractivity contribution in [2.24, 2.45) is 16.3 Å². The number of amides is 1. The first-order valence-electron chi connectivity index (χ1n) is 6.22. The van der Waals surface area contributed by atoms with E-state index in [-0.39, 0.29) is 11.7 Å². The zero-order valence-corrected chi connectivity index (χ0v) is 11.8. The lowest BCUT2D eigenvalue weighted by Crippen LogP contribution is -2.30. The summed E-state index contributed by atoms with van der Waals surface area (Å²) in [7, 11) is 0. The van der Waals surface area contributed by atoms with E-state index >= 15 is 0 Å². The van der Waals surface area contributed by atoms with Crippen LogP contribution in [0.25, 0.3) is 0 Å². The second-order valence-electron chi connectivity index (χ2n) is 5.21. The van der Waals surface area contributed by atoms with Gasteiger partial charge in [-0.05, 0) is 25.0 Å². The second-order valence-corrected chi connectivity index (χ2v) is 5.21. The molecule has 104 valence electrons. The molecule has 0 fully saturated rings. The summed E-state index contributed by atoms with van der Waals surface area (Å²) in [4.78, 5) is 12.1. The minimum Gasteiger partial charge on any atom is -0.409 e. The number of hydrogen-bond acceptors (Lipinski definition) is 3. The van der Waals surface area contributed by atoms with E-state index in [2.05, 4.69) is 10.5 Å². The third-order valence-corrected chi connectivity index (χ3v) is 3.39. The van der Waals surface area contributed by atoms with Crippen molar-refractivity contribution in [2.45, 2.75) is 34.1 Å². The minimum absolute atomic E-state index is 0.0188. The predicted octanol–water partition coefficient (Wildman–Crippen LogP) is 2.46. The Labute approximate surface area is 113 Å². The molecule has 0 aliphatic carbocycles. The molecule has 0 unspecified atom stereocenters. The van der Waals surface area contributed by atoms with Crippen molar-refractivity contribution in [3.63, 3.8) is 0 Å². The molecule has 0 aliphatic rings. The second kappa shape index (κ2) is 5.73. The van der Waals surface area contributed by atoms with Crippen LogP contribution in [0, 0.1) is 12.3 Å². The van der Waals surface area contributed by atoms with Crippen LogP contribution in [-0.4, -0.2) is 17.0 Å². The van der Waals surface area contributed by atoms with E-state index in [0.717, 1.165) is 12.0 Å². The first kappa shape index (κ1) is 15.0. The van der Waals surface area contributed by atoms with Crippen LogP contribution in [0.1, 0.15) is 38.3 Å². The third-order valence-electron chi connectivity index (χ3n) is 3.39. The molecule has 0 aliphatic heterocycles. The zero-order chi connectivity index (χ0) is 14.6. The molecule has 0 radical (unpaired) electrons. The summed E-state index contributed by atoms with van der Waals surface area (Å²) >= 11 is 0. The summed E-state index contributed by atoms with van der Waals surface area (Å²) in [6.07, 6.45) is 0.748. The van der Waals surface area contributed by atoms with E-state index in [0.29, 0.717) is 11.3 Å². The van der Waals surface area contributed by atoms with Gasteiger partial charge in [0.1, 0.15) is 0 Å². The highest BCUT2D eigenvalue weighted by atomic mass is 16.4. The van der Waals surface area contributed by atoms with Crippen LogP contribution in [0.4, 0.5) is 5.69 Å². The van der Waals surface area contributed by atoms with Crippen molar-refractivity contribution in [1.29, 1.82) is 0 Å². The van der Waals surface area contributed by atoms with Crippen molar-refractivity contribution >= 4 is 17.4 Å². The van der Waals surface area contributed by atoms with Crippen molar-refractivity contribution in [2.75, 3.05) is 5.32 Å². The normalized spacial score (nSPS) is 12.3. The lowest BCUT2D eigenvalue weighted by Gasteiger charge is -2.22. The van der Waals surface area contributed by atoms with Crippen molar-refractivity contribution in [3.8, 4) is 0 Å². The number of amidine groups is 1. The van der Waals surface area contributed by atoms with E-state index in [1.54, 1.807) is 12.1 Å². The van der Waals surface area contributed by atoms with Crippen LogP contribution in [0.5, 0.6) is 0 Å². The first-order chi connectivity index (χ1) is 8.81. The number of aryl methyl sites for hydroxylation is 1. The number of nitrogens with zero attached hydrogens (tertiary/aromatic N) is 1. The summed E-state index contributed by atoms with van der Waals surface area (Å²) in [5.41, 5.74) is 7.28. The van der Waals surface area contributed by atoms with Gasteiger partial charge in [0, 0.05) is 16.7 Å². The van der Waals surface area contributed by atoms with Gasteiger partial charge in [-0.3, -0.25) is 4.79 Å². The maximum absolute atomic E-state index is 12.1. The zero-order valence-electron chi connectivity index (χ0n) is 11.8. The number of anilines is 1. The lowest BCUT2D eigenvalue weighted by atomic mass is 9.89. The molecular weight excluding hydrogens is 242 g/mol. The van der Waals surface area contributed by atoms with Gasteiger partial charge >= 0.3 is 0 Å². The van der Waals surface area contributed by atoms with Crippen LogP contribution in [0.15, 0.2) is 23.4 Å². The molecule has 1 rings (SSSR count). The summed E-state index contributed by atoms with van der Waals surface area (Å²) in [6, 6.07) is 5.26. The van der Waals surface area contributed by atoms with E-state index in [1.807, 2.05) is 33.8 Å². The van der Waals surface area contributed by atoms with Gasteiger partial charge in [0.2, 0.25) is 5.91 Å². The molecule has 0 spiro atoms. The number of nitrogens with one attached hydrogen (secondary N) is 1. The van der Waals surface area contributed by atoms with Gasteiger partial charge in [-0.1, -0.05) is 38.1 Å². The molecule has 0 saturated carbocycles. The Bertz CT molecular complexity index is 507. The molecule has 5 nitrogen and oxygen atoms in total. The SMILES string of the molecule is CCC(C)(C)C(=O)Nc1cc(C(N)=NO)ccc1C. The number of oxime groups is 1. The molecule has 1 aromatic carbocycles. The van der Waals surface area contributed by atoms with Crippen LogP contribution in [0.3, 0.4) is 0 Å². The van der Waals surface area contributed by atoms with Gasteiger partial charge in [-0.25, -0.2) is 0 Å². The first-order valence-corrected chi connectivity index (χ1v) is 6.22. The molecule has 4 N–H and O–H groups in total. The number of hydrogen-bond donors (Lipinski definition) is 3. The van der Waals surface area contributed by atoms with E-state index in [1.165, 1.54) is 0 Å². The molecule has 1 amide bonds. The van der Waals surface area contributed by atoms with Gasteiger partial charge in [0.15, 0.2) is 5.84 Å². The number of carbonyl (C=O) groups is 1. The highest BCUT2D eigenvalue weighted by Gasteiger charge is 2.25. The van der Waals surface area contributed by atoms with Gasteiger partial charge in [0.25, 0.3) is 0 Å². The molecule has 19 heavy (non-hydrogen) atoms.